The first-order chi connectivity index (χ1) is 14.2. The standard InChI is InChI=1S/C20H20F3N3O4/c1-3-15-18(13-6-9-16(17(10-13)28-2)30-20(21,22)23)25-26(19(27)29-15)11-12-4-7-14(24)8-5-12/h4-10,15H,3,11,24H2,1-2H3. The molecule has 3 rings (SSSR count). The maximum atomic E-state index is 12.6. The van der Waals surface area contributed by atoms with E-state index in [0.29, 0.717) is 23.4 Å². The van der Waals surface area contributed by atoms with E-state index in [4.69, 9.17) is 15.2 Å². The number of carbonyl (C=O) groups excluding carboxylic acids is 1. The van der Waals surface area contributed by atoms with Crippen LogP contribution in [0.15, 0.2) is 47.6 Å². The lowest BCUT2D eigenvalue weighted by Crippen LogP contribution is -2.41. The number of nitrogen functional groups attached to an aromatic ring is 1. The Balaban J connectivity index is 1.94. The van der Waals surface area contributed by atoms with E-state index in [1.165, 1.54) is 19.2 Å². The van der Waals surface area contributed by atoms with E-state index in [0.717, 1.165) is 16.6 Å². The predicted octanol–water partition coefficient (Wildman–Crippen LogP) is 4.31. The van der Waals surface area contributed by atoms with Crippen molar-refractivity contribution in [3.8, 4) is 11.5 Å². The molecule has 1 aliphatic rings. The summed E-state index contributed by atoms with van der Waals surface area (Å²) in [5.74, 6) is -0.599. The molecule has 30 heavy (non-hydrogen) atoms. The highest BCUT2D eigenvalue weighted by Gasteiger charge is 2.34. The van der Waals surface area contributed by atoms with E-state index in [1.54, 1.807) is 24.3 Å². The topological polar surface area (TPSA) is 86.4 Å². The minimum Gasteiger partial charge on any atom is -0.493 e. The number of benzene rings is 2. The van der Waals surface area contributed by atoms with Crippen molar-refractivity contribution in [2.75, 3.05) is 12.8 Å². The Bertz CT molecular complexity index is 945. The summed E-state index contributed by atoms with van der Waals surface area (Å²) in [6.45, 7) is 1.95. The molecule has 10 heteroatoms. The molecule has 0 saturated heterocycles. The molecule has 0 radical (unpaired) electrons. The minimum absolute atomic E-state index is 0.121. The van der Waals surface area contributed by atoms with Crippen molar-refractivity contribution in [1.82, 2.24) is 5.01 Å². The number of nitrogens with two attached hydrogens (primary N) is 1. The van der Waals surface area contributed by atoms with Crippen LogP contribution in [0.4, 0.5) is 23.7 Å². The molecule has 0 fully saturated rings. The fraction of sp³-hybridized carbons (Fsp3) is 0.300. The Morgan fingerprint density at radius 2 is 1.87 bits per heavy atom. The van der Waals surface area contributed by atoms with Crippen LogP contribution in [0.5, 0.6) is 11.5 Å². The molecule has 1 aliphatic heterocycles. The summed E-state index contributed by atoms with van der Waals surface area (Å²) in [7, 11) is 1.23. The Morgan fingerprint density at radius 3 is 2.47 bits per heavy atom. The number of rotatable bonds is 6. The molecule has 7 nitrogen and oxygen atoms in total. The van der Waals surface area contributed by atoms with E-state index in [-0.39, 0.29) is 12.3 Å². The Hall–Kier alpha value is -3.43. The summed E-state index contributed by atoms with van der Waals surface area (Å²) in [5.41, 5.74) is 7.88. The molecular weight excluding hydrogens is 403 g/mol. The molecule has 1 unspecified atom stereocenters. The quantitative estimate of drug-likeness (QED) is 0.700. The fourth-order valence-electron chi connectivity index (χ4n) is 2.93. The molecule has 2 aromatic rings. The first kappa shape index (κ1) is 21.3. The lowest BCUT2D eigenvalue weighted by molar-refractivity contribution is -0.275. The van der Waals surface area contributed by atoms with Crippen LogP contribution in [0, 0.1) is 0 Å². The van der Waals surface area contributed by atoms with Gasteiger partial charge >= 0.3 is 12.5 Å². The molecular formula is C20H20F3N3O4. The van der Waals surface area contributed by atoms with Crippen LogP contribution in [0.1, 0.15) is 24.5 Å². The van der Waals surface area contributed by atoms with Crippen molar-refractivity contribution >= 4 is 17.5 Å². The second-order valence-electron chi connectivity index (χ2n) is 6.48. The van der Waals surface area contributed by atoms with Gasteiger partial charge in [0, 0.05) is 11.3 Å². The summed E-state index contributed by atoms with van der Waals surface area (Å²) in [5, 5.41) is 5.56. The Morgan fingerprint density at radius 1 is 1.17 bits per heavy atom. The van der Waals surface area contributed by atoms with Crippen molar-refractivity contribution in [2.45, 2.75) is 32.4 Å². The number of cyclic esters (lactones) is 1. The number of methoxy groups -OCH3 is 1. The van der Waals surface area contributed by atoms with Gasteiger partial charge in [0.05, 0.1) is 13.7 Å². The second-order valence-corrected chi connectivity index (χ2v) is 6.48. The number of halogens is 3. The van der Waals surface area contributed by atoms with Gasteiger partial charge in [0.2, 0.25) is 0 Å². The first-order valence-electron chi connectivity index (χ1n) is 9.05. The van der Waals surface area contributed by atoms with Gasteiger partial charge in [-0.25, -0.2) is 4.79 Å². The monoisotopic (exact) mass is 423 g/mol. The van der Waals surface area contributed by atoms with E-state index in [9.17, 15) is 18.0 Å². The summed E-state index contributed by atoms with van der Waals surface area (Å²) in [6.07, 6.45) is -5.69. The summed E-state index contributed by atoms with van der Waals surface area (Å²) >= 11 is 0. The molecule has 1 atom stereocenters. The summed E-state index contributed by atoms with van der Waals surface area (Å²) in [6, 6.07) is 10.8. The lowest BCUT2D eigenvalue weighted by Gasteiger charge is -2.29. The molecule has 2 N–H and O–H groups in total. The zero-order valence-corrected chi connectivity index (χ0v) is 16.3. The third-order valence-electron chi connectivity index (χ3n) is 4.36. The molecule has 0 bridgehead atoms. The van der Waals surface area contributed by atoms with Crippen LogP contribution < -0.4 is 15.2 Å². The second kappa shape index (κ2) is 8.52. The van der Waals surface area contributed by atoms with Gasteiger partial charge in [-0.3, -0.25) is 0 Å². The highest BCUT2D eigenvalue weighted by molar-refractivity contribution is 6.06. The molecule has 0 spiro atoms. The number of hydrogen-bond acceptors (Lipinski definition) is 6. The van der Waals surface area contributed by atoms with Gasteiger partial charge in [-0.2, -0.15) is 10.1 Å². The van der Waals surface area contributed by atoms with Crippen molar-refractivity contribution in [1.29, 1.82) is 0 Å². The third kappa shape index (κ3) is 4.94. The van der Waals surface area contributed by atoms with Gasteiger partial charge in [-0.05, 0) is 42.3 Å². The zero-order chi connectivity index (χ0) is 21.9. The van der Waals surface area contributed by atoms with E-state index in [1.807, 2.05) is 6.92 Å². The van der Waals surface area contributed by atoms with E-state index >= 15 is 0 Å². The highest BCUT2D eigenvalue weighted by Crippen LogP contribution is 2.34. The van der Waals surface area contributed by atoms with Crippen LogP contribution in [0.2, 0.25) is 0 Å². The zero-order valence-electron chi connectivity index (χ0n) is 16.3. The summed E-state index contributed by atoms with van der Waals surface area (Å²) < 4.78 is 52.2. The van der Waals surface area contributed by atoms with E-state index in [2.05, 4.69) is 9.84 Å². The maximum absolute atomic E-state index is 12.6. The van der Waals surface area contributed by atoms with Gasteiger partial charge < -0.3 is 19.9 Å². The SMILES string of the molecule is CCC1OC(=O)N(Cc2ccc(N)cc2)N=C1c1ccc(OC(F)(F)F)c(OC)c1. The number of nitrogens with zero attached hydrogens (tertiary/aromatic N) is 2. The van der Waals surface area contributed by atoms with Crippen LogP contribution in [-0.4, -0.2) is 36.4 Å². The lowest BCUT2D eigenvalue weighted by atomic mass is 10.0. The molecule has 0 saturated carbocycles. The molecule has 160 valence electrons. The van der Waals surface area contributed by atoms with Gasteiger partial charge in [0.15, 0.2) is 11.5 Å². The number of carbonyl (C=O) groups is 1. The maximum Gasteiger partial charge on any atom is 0.573 e. The number of amides is 1. The van der Waals surface area contributed by atoms with Gasteiger partial charge in [0.25, 0.3) is 0 Å². The van der Waals surface area contributed by atoms with Crippen LogP contribution >= 0.6 is 0 Å². The Labute approximate surface area is 170 Å². The number of ether oxygens (including phenoxy) is 3. The smallest absolute Gasteiger partial charge is 0.493 e. The first-order valence-corrected chi connectivity index (χ1v) is 9.05. The number of alkyl halides is 3. The van der Waals surface area contributed by atoms with Crippen molar-refractivity contribution in [3.63, 3.8) is 0 Å². The summed E-state index contributed by atoms with van der Waals surface area (Å²) in [4.78, 5) is 12.3. The van der Waals surface area contributed by atoms with Crippen molar-refractivity contribution < 1.29 is 32.2 Å². The van der Waals surface area contributed by atoms with E-state index < -0.39 is 24.3 Å². The van der Waals surface area contributed by atoms with Gasteiger partial charge in [0.1, 0.15) is 11.8 Å². The highest BCUT2D eigenvalue weighted by atomic mass is 19.4. The molecule has 2 aromatic carbocycles. The molecule has 1 heterocycles. The predicted molar refractivity (Wildman–Crippen MR) is 103 cm³/mol. The molecule has 0 aliphatic carbocycles. The fourth-order valence-corrected chi connectivity index (χ4v) is 2.93. The van der Waals surface area contributed by atoms with Crippen molar-refractivity contribution in [2.24, 2.45) is 5.10 Å². The van der Waals surface area contributed by atoms with Crippen molar-refractivity contribution in [3.05, 3.63) is 53.6 Å². The number of anilines is 1. The van der Waals surface area contributed by atoms with Gasteiger partial charge in [-0.15, -0.1) is 13.2 Å². The van der Waals surface area contributed by atoms with Crippen LogP contribution in [0.25, 0.3) is 0 Å². The average molecular weight is 423 g/mol. The molecule has 1 amide bonds. The largest absolute Gasteiger partial charge is 0.573 e. The average Bonchev–Trinajstić information content (AvgIpc) is 2.70. The van der Waals surface area contributed by atoms with Gasteiger partial charge in [-0.1, -0.05) is 19.1 Å². The number of hydrazone groups is 1. The van der Waals surface area contributed by atoms with Crippen LogP contribution in [-0.2, 0) is 11.3 Å². The number of hydrogen-bond donors (Lipinski definition) is 1. The normalized spacial score (nSPS) is 16.7. The molecule has 0 aromatic heterocycles. The van der Waals surface area contributed by atoms with Crippen LogP contribution in [0.3, 0.4) is 0 Å². The Kier molecular flexibility index (Phi) is 6.04. The third-order valence-corrected chi connectivity index (χ3v) is 4.36. The minimum atomic E-state index is -4.85.